The lowest BCUT2D eigenvalue weighted by atomic mass is 10.1. The molecular formula is C27H24N4O3. The zero-order valence-corrected chi connectivity index (χ0v) is 19.2. The van der Waals surface area contributed by atoms with Crippen molar-refractivity contribution in [3.8, 4) is 0 Å². The van der Waals surface area contributed by atoms with Crippen LogP contribution in [0.2, 0.25) is 0 Å². The first-order valence-corrected chi connectivity index (χ1v) is 10.8. The highest BCUT2D eigenvalue weighted by Gasteiger charge is 2.29. The number of nitrogens with zero attached hydrogens (tertiary/aromatic N) is 4. The van der Waals surface area contributed by atoms with Crippen molar-refractivity contribution in [1.29, 1.82) is 0 Å². The first-order chi connectivity index (χ1) is 16.4. The van der Waals surface area contributed by atoms with Crippen LogP contribution in [0.1, 0.15) is 22.8 Å². The molecular weight excluding hydrogens is 428 g/mol. The highest BCUT2D eigenvalue weighted by Crippen LogP contribution is 2.19. The van der Waals surface area contributed by atoms with Gasteiger partial charge in [-0.05, 0) is 55.0 Å². The second-order valence-electron chi connectivity index (χ2n) is 7.82. The maximum Gasteiger partial charge on any atom is 0.282 e. The largest absolute Gasteiger partial charge is 0.308 e. The number of carbonyl (C=O) groups excluding carboxylic acids is 2. The molecule has 0 radical (unpaired) electrons. The number of rotatable bonds is 5. The number of aromatic nitrogens is 1. The van der Waals surface area contributed by atoms with E-state index in [0.29, 0.717) is 34.1 Å². The molecule has 7 nitrogen and oxygen atoms in total. The summed E-state index contributed by atoms with van der Waals surface area (Å²) in [6.45, 7) is 3.60. The maximum absolute atomic E-state index is 13.1. The Labute approximate surface area is 196 Å². The Morgan fingerprint density at radius 2 is 1.71 bits per heavy atom. The molecule has 2 heterocycles. The SMILES string of the molecule is CC(=O)N(CC=C=CC=c1c(C)c2c(n(C)c1=O)=NN(c1ccccc1)C2=O)c1ccccc1. The fraction of sp³-hybridized carbons (Fsp3) is 0.148. The van der Waals surface area contributed by atoms with Gasteiger partial charge in [0.15, 0.2) is 5.49 Å². The molecule has 0 bridgehead atoms. The third-order valence-corrected chi connectivity index (χ3v) is 5.64. The van der Waals surface area contributed by atoms with Crippen molar-refractivity contribution in [2.24, 2.45) is 12.1 Å². The fourth-order valence-electron chi connectivity index (χ4n) is 3.83. The van der Waals surface area contributed by atoms with Gasteiger partial charge in [-0.3, -0.25) is 19.0 Å². The summed E-state index contributed by atoms with van der Waals surface area (Å²) in [5, 5.41) is 6.11. The molecule has 4 rings (SSSR count). The van der Waals surface area contributed by atoms with Gasteiger partial charge in [-0.15, -0.1) is 10.8 Å². The lowest BCUT2D eigenvalue weighted by molar-refractivity contribution is -0.116. The van der Waals surface area contributed by atoms with Crippen LogP contribution in [0.4, 0.5) is 11.4 Å². The molecule has 34 heavy (non-hydrogen) atoms. The Morgan fingerprint density at radius 3 is 2.35 bits per heavy atom. The van der Waals surface area contributed by atoms with E-state index in [0.717, 1.165) is 5.69 Å². The monoisotopic (exact) mass is 452 g/mol. The second-order valence-corrected chi connectivity index (χ2v) is 7.82. The normalized spacial score (nSPS) is 12.6. The van der Waals surface area contributed by atoms with Crippen molar-refractivity contribution in [3.63, 3.8) is 0 Å². The Bertz CT molecular complexity index is 1500. The van der Waals surface area contributed by atoms with Gasteiger partial charge < -0.3 is 4.90 Å². The third-order valence-electron chi connectivity index (χ3n) is 5.64. The molecule has 0 N–H and O–H groups in total. The molecule has 0 saturated heterocycles. The van der Waals surface area contributed by atoms with Crippen LogP contribution >= 0.6 is 0 Å². The van der Waals surface area contributed by atoms with Gasteiger partial charge in [0.05, 0.1) is 17.8 Å². The molecule has 7 heteroatoms. The van der Waals surface area contributed by atoms with Crippen molar-refractivity contribution >= 4 is 29.3 Å². The van der Waals surface area contributed by atoms with Crippen molar-refractivity contribution < 1.29 is 9.59 Å². The average molecular weight is 453 g/mol. The summed E-state index contributed by atoms with van der Waals surface area (Å²) in [7, 11) is 1.60. The van der Waals surface area contributed by atoms with E-state index in [4.69, 9.17) is 0 Å². The predicted octanol–water partition coefficient (Wildman–Crippen LogP) is 2.43. The predicted molar refractivity (Wildman–Crippen MR) is 132 cm³/mol. The maximum atomic E-state index is 13.1. The Balaban J connectivity index is 1.66. The molecule has 1 aromatic heterocycles. The van der Waals surface area contributed by atoms with E-state index in [1.54, 1.807) is 49.2 Å². The van der Waals surface area contributed by atoms with Crippen molar-refractivity contribution in [3.05, 3.63) is 111 Å². The molecule has 0 saturated carbocycles. The molecule has 0 unspecified atom stereocenters. The van der Waals surface area contributed by atoms with Crippen LogP contribution in [-0.2, 0) is 11.8 Å². The number of carbonyl (C=O) groups is 2. The highest BCUT2D eigenvalue weighted by atomic mass is 16.2. The van der Waals surface area contributed by atoms with Gasteiger partial charge in [-0.2, -0.15) is 5.01 Å². The Morgan fingerprint density at radius 1 is 1.06 bits per heavy atom. The summed E-state index contributed by atoms with van der Waals surface area (Å²) >= 11 is 0. The molecule has 0 atom stereocenters. The van der Waals surface area contributed by atoms with Gasteiger partial charge in [0.1, 0.15) is 0 Å². The third kappa shape index (κ3) is 4.25. The molecule has 3 aromatic rings. The van der Waals surface area contributed by atoms with E-state index >= 15 is 0 Å². The topological polar surface area (TPSA) is 75.0 Å². The quantitative estimate of drug-likeness (QED) is 0.558. The first kappa shape index (κ1) is 22.7. The second kappa shape index (κ2) is 9.57. The molecule has 1 aliphatic rings. The number of anilines is 2. The molecule has 0 spiro atoms. The van der Waals surface area contributed by atoms with Crippen LogP contribution < -0.4 is 26.2 Å². The highest BCUT2D eigenvalue weighted by molar-refractivity contribution is 6.07. The number of fused-ring (bicyclic) bond motifs is 1. The van der Waals surface area contributed by atoms with E-state index in [1.165, 1.54) is 16.5 Å². The Kier molecular flexibility index (Phi) is 6.39. The van der Waals surface area contributed by atoms with Crippen LogP contribution in [0, 0.1) is 6.92 Å². The molecule has 2 amide bonds. The number of amides is 2. The van der Waals surface area contributed by atoms with Gasteiger partial charge in [0.2, 0.25) is 5.91 Å². The summed E-state index contributed by atoms with van der Waals surface area (Å²) in [5.41, 5.74) is 5.50. The molecule has 170 valence electrons. The van der Waals surface area contributed by atoms with Crippen LogP contribution in [0.25, 0.3) is 6.08 Å². The van der Waals surface area contributed by atoms with Gasteiger partial charge in [-0.25, -0.2) is 0 Å². The van der Waals surface area contributed by atoms with Crippen molar-refractivity contribution in [2.45, 2.75) is 13.8 Å². The Hall–Kier alpha value is -4.48. The van der Waals surface area contributed by atoms with Gasteiger partial charge >= 0.3 is 0 Å². The van der Waals surface area contributed by atoms with Crippen LogP contribution in [0.5, 0.6) is 0 Å². The lowest BCUT2D eigenvalue weighted by Gasteiger charge is -2.18. The zero-order valence-electron chi connectivity index (χ0n) is 19.2. The summed E-state index contributed by atoms with van der Waals surface area (Å²) in [5.74, 6) is -0.356. The molecule has 1 aliphatic heterocycles. The van der Waals surface area contributed by atoms with Crippen LogP contribution in [0.3, 0.4) is 0 Å². The number of benzene rings is 2. The van der Waals surface area contributed by atoms with E-state index in [1.807, 2.05) is 48.5 Å². The van der Waals surface area contributed by atoms with E-state index in [2.05, 4.69) is 10.8 Å². The fourth-order valence-corrected chi connectivity index (χ4v) is 3.83. The minimum absolute atomic E-state index is 0.0817. The van der Waals surface area contributed by atoms with Gasteiger partial charge in [0, 0.05) is 24.9 Å². The molecule has 0 aliphatic carbocycles. The smallest absolute Gasteiger partial charge is 0.282 e. The molecule has 2 aromatic carbocycles. The molecule has 0 fully saturated rings. The lowest BCUT2D eigenvalue weighted by Crippen LogP contribution is -2.44. The minimum atomic E-state index is -0.275. The summed E-state index contributed by atoms with van der Waals surface area (Å²) in [4.78, 5) is 39.7. The summed E-state index contributed by atoms with van der Waals surface area (Å²) in [6.07, 6.45) is 4.97. The van der Waals surface area contributed by atoms with Crippen LogP contribution in [0.15, 0.2) is 88.4 Å². The summed E-state index contributed by atoms with van der Waals surface area (Å²) < 4.78 is 1.39. The first-order valence-electron chi connectivity index (χ1n) is 10.8. The number of hydrogen-bond acceptors (Lipinski definition) is 4. The average Bonchev–Trinajstić information content (AvgIpc) is 3.20. The van der Waals surface area contributed by atoms with E-state index < -0.39 is 0 Å². The van der Waals surface area contributed by atoms with Crippen molar-refractivity contribution in [2.75, 3.05) is 16.5 Å². The van der Waals surface area contributed by atoms with Gasteiger partial charge in [0.25, 0.3) is 11.5 Å². The van der Waals surface area contributed by atoms with Crippen molar-refractivity contribution in [1.82, 2.24) is 4.57 Å². The summed E-state index contributed by atoms with van der Waals surface area (Å²) in [6, 6.07) is 18.5. The van der Waals surface area contributed by atoms with Crippen LogP contribution in [-0.4, -0.2) is 22.9 Å². The number of pyridine rings is 1. The number of para-hydroxylation sites is 2. The minimum Gasteiger partial charge on any atom is -0.308 e. The number of hydrogen-bond donors (Lipinski definition) is 0. The van der Waals surface area contributed by atoms with Gasteiger partial charge in [-0.1, -0.05) is 36.4 Å². The van der Waals surface area contributed by atoms with E-state index in [-0.39, 0.29) is 17.4 Å². The standard InChI is InChI=1S/C27H24N4O3/c1-19-23(17-11-6-12-18-30(20(2)32)21-13-7-4-8-14-21)26(33)29(3)25-24(19)27(34)31(28-25)22-15-9-5-10-16-22/h4-5,7-17H,18H2,1-3H3. The zero-order chi connectivity index (χ0) is 24.2. The van der Waals surface area contributed by atoms with E-state index in [9.17, 15) is 14.4 Å².